The number of β-amino-alcohol motifs (C(OH)–C–C–N with tert-alkyl or cyclic N) is 1. The summed E-state index contributed by atoms with van der Waals surface area (Å²) < 4.78 is 2.14. The van der Waals surface area contributed by atoms with Crippen LogP contribution < -0.4 is 0 Å². The van der Waals surface area contributed by atoms with E-state index in [0.717, 1.165) is 37.6 Å². The van der Waals surface area contributed by atoms with Crippen LogP contribution in [0.5, 0.6) is 0 Å². The number of likely N-dealkylation sites (tertiary alicyclic amines) is 1. The molecule has 3 rings (SSSR count). The highest BCUT2D eigenvalue weighted by molar-refractivity contribution is 5.01. The van der Waals surface area contributed by atoms with Crippen LogP contribution in [-0.2, 0) is 19.5 Å². The summed E-state index contributed by atoms with van der Waals surface area (Å²) in [5.74, 6) is 1.27. The van der Waals surface area contributed by atoms with E-state index < -0.39 is 0 Å². The minimum absolute atomic E-state index is 0.215. The van der Waals surface area contributed by atoms with Crippen molar-refractivity contribution in [1.82, 2.24) is 24.4 Å². The fourth-order valence-electron chi connectivity index (χ4n) is 2.95. The molecule has 1 aliphatic heterocycles. The van der Waals surface area contributed by atoms with Crippen molar-refractivity contribution < 1.29 is 5.11 Å². The fourth-order valence-corrected chi connectivity index (χ4v) is 2.95. The van der Waals surface area contributed by atoms with Gasteiger partial charge in [-0.3, -0.25) is 14.9 Å². The monoisotopic (exact) mass is 287 g/mol. The summed E-state index contributed by atoms with van der Waals surface area (Å²) in [5, 5.41) is 10.3. The van der Waals surface area contributed by atoms with E-state index in [-0.39, 0.29) is 12.0 Å². The van der Waals surface area contributed by atoms with E-state index in [1.165, 1.54) is 0 Å². The van der Waals surface area contributed by atoms with Crippen LogP contribution in [0, 0.1) is 5.92 Å². The quantitative estimate of drug-likeness (QED) is 0.878. The number of nitrogens with zero attached hydrogens (tertiary/aromatic N) is 5. The topological polar surface area (TPSA) is 67.1 Å². The second-order valence-electron chi connectivity index (χ2n) is 5.55. The third-order valence-electron chi connectivity index (χ3n) is 4.08. The third kappa shape index (κ3) is 3.28. The third-order valence-corrected chi connectivity index (χ3v) is 4.08. The van der Waals surface area contributed by atoms with Crippen molar-refractivity contribution >= 4 is 0 Å². The number of rotatable bonds is 5. The Hall–Kier alpha value is -1.79. The summed E-state index contributed by atoms with van der Waals surface area (Å²) in [4.78, 5) is 15.0. The zero-order valence-electron chi connectivity index (χ0n) is 12.3. The Balaban J connectivity index is 1.61. The van der Waals surface area contributed by atoms with Gasteiger partial charge in [-0.1, -0.05) is 0 Å². The average Bonchev–Trinajstić information content (AvgIpc) is 3.07. The Kier molecular flexibility index (Phi) is 4.26. The Labute approximate surface area is 124 Å². The van der Waals surface area contributed by atoms with Gasteiger partial charge in [-0.25, -0.2) is 4.98 Å². The van der Waals surface area contributed by atoms with Crippen LogP contribution in [0.4, 0.5) is 0 Å². The van der Waals surface area contributed by atoms with E-state index in [1.54, 1.807) is 18.6 Å². The standard InChI is InChI=1S/C15H21N5O/c1-2-20-6-5-18-15(20)11-19-9-12(14(21)10-19)7-13-8-16-3-4-17-13/h3-6,8,12,14,21H,2,7,9-11H2,1H3/t12-,14-/m1/s1. The Morgan fingerprint density at radius 2 is 2.14 bits per heavy atom. The molecule has 1 fully saturated rings. The van der Waals surface area contributed by atoms with Gasteiger partial charge in [0.2, 0.25) is 0 Å². The first-order valence-corrected chi connectivity index (χ1v) is 7.41. The van der Waals surface area contributed by atoms with Gasteiger partial charge in [0.15, 0.2) is 0 Å². The number of aryl methyl sites for hydroxylation is 1. The molecule has 6 heteroatoms. The Bertz CT molecular complexity index is 570. The molecule has 1 saturated heterocycles. The van der Waals surface area contributed by atoms with E-state index in [1.807, 2.05) is 12.4 Å². The van der Waals surface area contributed by atoms with Crippen molar-refractivity contribution in [2.75, 3.05) is 13.1 Å². The smallest absolute Gasteiger partial charge is 0.122 e. The predicted molar refractivity (Wildman–Crippen MR) is 78.4 cm³/mol. The van der Waals surface area contributed by atoms with Crippen LogP contribution in [0.25, 0.3) is 0 Å². The molecular weight excluding hydrogens is 266 g/mol. The van der Waals surface area contributed by atoms with Gasteiger partial charge >= 0.3 is 0 Å². The van der Waals surface area contributed by atoms with Crippen LogP contribution in [-0.4, -0.2) is 48.7 Å². The molecule has 2 atom stereocenters. The zero-order valence-corrected chi connectivity index (χ0v) is 12.3. The van der Waals surface area contributed by atoms with Gasteiger partial charge in [0.1, 0.15) is 5.82 Å². The lowest BCUT2D eigenvalue weighted by atomic mass is 10.0. The maximum atomic E-state index is 10.3. The fraction of sp³-hybridized carbons (Fsp3) is 0.533. The average molecular weight is 287 g/mol. The number of hydrogen-bond donors (Lipinski definition) is 1. The van der Waals surface area contributed by atoms with Crippen LogP contribution in [0.2, 0.25) is 0 Å². The van der Waals surface area contributed by atoms with Gasteiger partial charge < -0.3 is 9.67 Å². The maximum Gasteiger partial charge on any atom is 0.122 e. The number of hydrogen-bond acceptors (Lipinski definition) is 5. The van der Waals surface area contributed by atoms with Crippen molar-refractivity contribution in [1.29, 1.82) is 0 Å². The van der Waals surface area contributed by atoms with Gasteiger partial charge in [0, 0.05) is 56.5 Å². The van der Waals surface area contributed by atoms with Crippen molar-refractivity contribution in [2.24, 2.45) is 5.92 Å². The lowest BCUT2D eigenvalue weighted by molar-refractivity contribution is 0.140. The largest absolute Gasteiger partial charge is 0.391 e. The molecule has 2 aromatic heterocycles. The van der Waals surface area contributed by atoms with Gasteiger partial charge in [0.05, 0.1) is 18.3 Å². The summed E-state index contributed by atoms with van der Waals surface area (Å²) >= 11 is 0. The minimum atomic E-state index is -0.308. The lowest BCUT2D eigenvalue weighted by Gasteiger charge is -2.15. The molecular formula is C15H21N5O. The molecule has 0 aromatic carbocycles. The summed E-state index contributed by atoms with van der Waals surface area (Å²) in [6.07, 6.45) is 9.45. The normalized spacial score (nSPS) is 22.8. The van der Waals surface area contributed by atoms with E-state index in [9.17, 15) is 5.11 Å². The summed E-state index contributed by atoms with van der Waals surface area (Å²) in [5.41, 5.74) is 0.943. The number of imidazole rings is 1. The minimum Gasteiger partial charge on any atom is -0.391 e. The molecule has 0 unspecified atom stereocenters. The Morgan fingerprint density at radius 3 is 2.90 bits per heavy atom. The molecule has 2 aromatic rings. The van der Waals surface area contributed by atoms with E-state index >= 15 is 0 Å². The molecule has 3 heterocycles. The highest BCUT2D eigenvalue weighted by atomic mass is 16.3. The molecule has 0 spiro atoms. The molecule has 1 aliphatic rings. The van der Waals surface area contributed by atoms with Gasteiger partial charge in [-0.05, 0) is 13.3 Å². The van der Waals surface area contributed by atoms with Gasteiger partial charge in [-0.2, -0.15) is 0 Å². The first-order valence-electron chi connectivity index (χ1n) is 7.41. The van der Waals surface area contributed by atoms with Crippen molar-refractivity contribution in [2.45, 2.75) is 32.5 Å². The molecule has 0 amide bonds. The van der Waals surface area contributed by atoms with E-state index in [4.69, 9.17) is 0 Å². The molecule has 0 saturated carbocycles. The van der Waals surface area contributed by atoms with E-state index in [0.29, 0.717) is 6.54 Å². The summed E-state index contributed by atoms with van der Waals surface area (Å²) in [6.45, 7) is 5.39. The molecule has 112 valence electrons. The second-order valence-corrected chi connectivity index (χ2v) is 5.55. The highest BCUT2D eigenvalue weighted by Gasteiger charge is 2.32. The molecule has 0 radical (unpaired) electrons. The van der Waals surface area contributed by atoms with Crippen LogP contribution in [0.3, 0.4) is 0 Å². The van der Waals surface area contributed by atoms with Crippen molar-refractivity contribution in [3.63, 3.8) is 0 Å². The number of aliphatic hydroxyl groups excluding tert-OH is 1. The molecule has 6 nitrogen and oxygen atoms in total. The first kappa shape index (κ1) is 14.2. The van der Waals surface area contributed by atoms with Crippen LogP contribution in [0.15, 0.2) is 31.0 Å². The van der Waals surface area contributed by atoms with Crippen LogP contribution >= 0.6 is 0 Å². The first-order chi connectivity index (χ1) is 10.3. The van der Waals surface area contributed by atoms with Crippen LogP contribution in [0.1, 0.15) is 18.4 Å². The predicted octanol–water partition coefficient (Wildman–Crippen LogP) is 0.728. The summed E-state index contributed by atoms with van der Waals surface area (Å²) in [7, 11) is 0. The van der Waals surface area contributed by atoms with E-state index in [2.05, 4.69) is 31.3 Å². The van der Waals surface area contributed by atoms with Crippen molar-refractivity contribution in [3.05, 3.63) is 42.5 Å². The molecule has 0 bridgehead atoms. The number of aliphatic hydroxyl groups is 1. The maximum absolute atomic E-state index is 10.3. The number of aromatic nitrogens is 4. The Morgan fingerprint density at radius 1 is 1.24 bits per heavy atom. The van der Waals surface area contributed by atoms with Gasteiger partial charge in [0.25, 0.3) is 0 Å². The summed E-state index contributed by atoms with van der Waals surface area (Å²) in [6, 6.07) is 0. The SMILES string of the molecule is CCn1ccnc1CN1C[C@@H](Cc2cnccn2)[C@H](O)C1. The highest BCUT2D eigenvalue weighted by Crippen LogP contribution is 2.22. The molecule has 1 N–H and O–H groups in total. The second kappa shape index (κ2) is 6.32. The molecule has 21 heavy (non-hydrogen) atoms. The van der Waals surface area contributed by atoms with Crippen molar-refractivity contribution in [3.8, 4) is 0 Å². The van der Waals surface area contributed by atoms with Gasteiger partial charge in [-0.15, -0.1) is 0 Å². The lowest BCUT2D eigenvalue weighted by Crippen LogP contribution is -2.23. The molecule has 0 aliphatic carbocycles. The zero-order chi connectivity index (χ0) is 14.7.